The summed E-state index contributed by atoms with van der Waals surface area (Å²) >= 11 is 5.16. The van der Waals surface area contributed by atoms with Gasteiger partial charge < -0.3 is 15.2 Å². The van der Waals surface area contributed by atoms with Crippen molar-refractivity contribution >= 4 is 33.2 Å². The summed E-state index contributed by atoms with van der Waals surface area (Å²) in [7, 11) is 0. The number of hydrogen-bond donors (Lipinski definition) is 2. The summed E-state index contributed by atoms with van der Waals surface area (Å²) in [6.45, 7) is 1.49. The van der Waals surface area contributed by atoms with Gasteiger partial charge in [0.05, 0.1) is 6.10 Å². The van der Waals surface area contributed by atoms with Crippen molar-refractivity contribution in [3.8, 4) is 0 Å². The highest BCUT2D eigenvalue weighted by molar-refractivity contribution is 9.10. The zero-order valence-corrected chi connectivity index (χ0v) is 11.6. The Morgan fingerprint density at radius 3 is 3.06 bits per heavy atom. The molecule has 1 aliphatic heterocycles. The lowest BCUT2D eigenvalue weighted by Crippen LogP contribution is -2.28. The van der Waals surface area contributed by atoms with E-state index in [-0.39, 0.29) is 6.10 Å². The van der Waals surface area contributed by atoms with Crippen LogP contribution in [0.25, 0.3) is 0 Å². The molecule has 0 aromatic carbocycles. The molecule has 0 spiro atoms. The lowest BCUT2D eigenvalue weighted by Gasteiger charge is -2.11. The van der Waals surface area contributed by atoms with Crippen LogP contribution in [0.3, 0.4) is 0 Å². The van der Waals surface area contributed by atoms with Gasteiger partial charge in [0.15, 0.2) is 6.10 Å². The van der Waals surface area contributed by atoms with Gasteiger partial charge in [0.25, 0.3) is 0 Å². The van der Waals surface area contributed by atoms with Crippen LogP contribution in [-0.4, -0.2) is 29.8 Å². The standard InChI is InChI=1S/C11H14BrNO3S/c12-8-3-4-17-10(8)6-13-5-7-1-2-9(16-7)11(14)15/h3-4,7,9,13H,1-2,5-6H2,(H,14,15). The van der Waals surface area contributed by atoms with E-state index in [1.54, 1.807) is 11.3 Å². The highest BCUT2D eigenvalue weighted by atomic mass is 79.9. The van der Waals surface area contributed by atoms with E-state index in [2.05, 4.69) is 21.2 Å². The number of carbonyl (C=O) groups is 1. The predicted molar refractivity (Wildman–Crippen MR) is 69.3 cm³/mol. The Labute approximate surface area is 112 Å². The first-order valence-corrected chi connectivity index (χ1v) is 7.15. The Morgan fingerprint density at radius 1 is 1.65 bits per heavy atom. The maximum Gasteiger partial charge on any atom is 0.332 e. The number of aliphatic carboxylic acids is 1. The highest BCUT2D eigenvalue weighted by Crippen LogP contribution is 2.23. The summed E-state index contributed by atoms with van der Waals surface area (Å²) in [5.74, 6) is -0.853. The van der Waals surface area contributed by atoms with Gasteiger partial charge in [0.2, 0.25) is 0 Å². The van der Waals surface area contributed by atoms with Crippen molar-refractivity contribution in [2.24, 2.45) is 0 Å². The maximum absolute atomic E-state index is 10.7. The first-order chi connectivity index (χ1) is 8.16. The first-order valence-electron chi connectivity index (χ1n) is 5.47. The van der Waals surface area contributed by atoms with Gasteiger partial charge in [-0.1, -0.05) is 0 Å². The summed E-state index contributed by atoms with van der Waals surface area (Å²) in [6.07, 6.45) is 0.838. The van der Waals surface area contributed by atoms with Crippen LogP contribution in [0.1, 0.15) is 17.7 Å². The molecule has 2 rings (SSSR count). The highest BCUT2D eigenvalue weighted by Gasteiger charge is 2.29. The summed E-state index contributed by atoms with van der Waals surface area (Å²) in [5.41, 5.74) is 0. The molecule has 0 aliphatic carbocycles. The van der Waals surface area contributed by atoms with Crippen molar-refractivity contribution in [3.63, 3.8) is 0 Å². The van der Waals surface area contributed by atoms with Crippen molar-refractivity contribution in [2.75, 3.05) is 6.54 Å². The van der Waals surface area contributed by atoms with Gasteiger partial charge >= 0.3 is 5.97 Å². The Hall–Kier alpha value is -0.430. The largest absolute Gasteiger partial charge is 0.479 e. The molecule has 0 bridgehead atoms. The topological polar surface area (TPSA) is 58.6 Å². The molecule has 1 saturated heterocycles. The average molecular weight is 320 g/mol. The third kappa shape index (κ3) is 3.51. The molecule has 1 aromatic rings. The average Bonchev–Trinajstić information content (AvgIpc) is 2.89. The van der Waals surface area contributed by atoms with Crippen molar-refractivity contribution in [3.05, 3.63) is 20.8 Å². The lowest BCUT2D eigenvalue weighted by atomic mass is 10.2. The number of hydrogen-bond acceptors (Lipinski definition) is 4. The van der Waals surface area contributed by atoms with Crippen LogP contribution < -0.4 is 5.32 Å². The number of ether oxygens (including phenoxy) is 1. The van der Waals surface area contributed by atoms with Crippen molar-refractivity contribution in [1.82, 2.24) is 5.32 Å². The van der Waals surface area contributed by atoms with Gasteiger partial charge in [-0.2, -0.15) is 0 Å². The van der Waals surface area contributed by atoms with E-state index in [9.17, 15) is 4.79 Å². The molecule has 0 amide bonds. The summed E-state index contributed by atoms with van der Waals surface area (Å²) in [6, 6.07) is 2.02. The quantitative estimate of drug-likeness (QED) is 0.873. The van der Waals surface area contributed by atoms with Gasteiger partial charge in [-0.05, 0) is 40.2 Å². The Kier molecular flexibility index (Phi) is 4.55. The second-order valence-electron chi connectivity index (χ2n) is 3.98. The molecule has 17 heavy (non-hydrogen) atoms. The van der Waals surface area contributed by atoms with Gasteiger partial charge in [-0.3, -0.25) is 0 Å². The normalized spacial score (nSPS) is 24.1. The molecule has 2 heterocycles. The second-order valence-corrected chi connectivity index (χ2v) is 5.84. The molecular weight excluding hydrogens is 306 g/mol. The first kappa shape index (κ1) is 13.0. The molecule has 4 nitrogen and oxygen atoms in total. The Bertz CT molecular complexity index is 396. The molecule has 1 fully saturated rings. The van der Waals surface area contributed by atoms with Crippen LogP contribution in [0.5, 0.6) is 0 Å². The van der Waals surface area contributed by atoms with Crippen LogP contribution in [0.2, 0.25) is 0 Å². The van der Waals surface area contributed by atoms with Crippen LogP contribution in [0.4, 0.5) is 0 Å². The number of nitrogens with one attached hydrogen (secondary N) is 1. The van der Waals surface area contributed by atoms with E-state index in [4.69, 9.17) is 9.84 Å². The predicted octanol–water partition coefficient (Wildman–Crippen LogP) is 2.23. The van der Waals surface area contributed by atoms with Crippen molar-refractivity contribution < 1.29 is 14.6 Å². The third-order valence-corrected chi connectivity index (χ3v) is 4.66. The molecule has 1 aromatic heterocycles. The molecule has 0 saturated carbocycles. The summed E-state index contributed by atoms with van der Waals surface area (Å²) in [4.78, 5) is 12.0. The minimum atomic E-state index is -0.853. The fraction of sp³-hybridized carbons (Fsp3) is 0.545. The molecular formula is C11H14BrNO3S. The number of carboxylic acids is 1. The van der Waals surface area contributed by atoms with Gasteiger partial charge in [-0.15, -0.1) is 11.3 Å². The van der Waals surface area contributed by atoms with E-state index in [1.165, 1.54) is 4.88 Å². The molecule has 6 heteroatoms. The van der Waals surface area contributed by atoms with E-state index in [1.807, 2.05) is 11.4 Å². The van der Waals surface area contributed by atoms with Gasteiger partial charge in [0.1, 0.15) is 0 Å². The number of halogens is 1. The SMILES string of the molecule is O=C(O)C1CCC(CNCc2sccc2Br)O1. The molecule has 1 aliphatic rings. The molecule has 2 atom stereocenters. The smallest absolute Gasteiger partial charge is 0.332 e. The van der Waals surface area contributed by atoms with Crippen LogP contribution in [-0.2, 0) is 16.1 Å². The molecule has 2 N–H and O–H groups in total. The van der Waals surface area contributed by atoms with Crippen LogP contribution in [0.15, 0.2) is 15.9 Å². The number of thiophene rings is 1. The van der Waals surface area contributed by atoms with E-state index in [0.29, 0.717) is 13.0 Å². The zero-order chi connectivity index (χ0) is 12.3. The van der Waals surface area contributed by atoms with E-state index in [0.717, 1.165) is 17.4 Å². The minimum Gasteiger partial charge on any atom is -0.479 e. The minimum absolute atomic E-state index is 0.0230. The summed E-state index contributed by atoms with van der Waals surface area (Å²) in [5, 5.41) is 14.1. The molecule has 2 unspecified atom stereocenters. The third-order valence-electron chi connectivity index (χ3n) is 2.73. The van der Waals surface area contributed by atoms with Gasteiger partial charge in [0, 0.05) is 22.4 Å². The number of rotatable bonds is 5. The fourth-order valence-corrected chi connectivity index (χ4v) is 3.30. The molecule has 94 valence electrons. The van der Waals surface area contributed by atoms with E-state index < -0.39 is 12.1 Å². The van der Waals surface area contributed by atoms with Gasteiger partial charge in [-0.25, -0.2) is 4.79 Å². The Morgan fingerprint density at radius 2 is 2.47 bits per heavy atom. The van der Waals surface area contributed by atoms with Crippen molar-refractivity contribution in [1.29, 1.82) is 0 Å². The fourth-order valence-electron chi connectivity index (χ4n) is 1.84. The zero-order valence-electron chi connectivity index (χ0n) is 9.19. The molecule has 0 radical (unpaired) electrons. The van der Waals surface area contributed by atoms with Crippen molar-refractivity contribution in [2.45, 2.75) is 31.6 Å². The number of carboxylic acid groups (broad SMARTS) is 1. The lowest BCUT2D eigenvalue weighted by molar-refractivity contribution is -0.149. The second kappa shape index (κ2) is 5.95. The van der Waals surface area contributed by atoms with Crippen LogP contribution in [0, 0.1) is 0 Å². The summed E-state index contributed by atoms with van der Waals surface area (Å²) < 4.78 is 6.52. The monoisotopic (exact) mass is 319 g/mol. The van der Waals surface area contributed by atoms with E-state index >= 15 is 0 Å². The Balaban J connectivity index is 1.70. The van der Waals surface area contributed by atoms with Crippen LogP contribution >= 0.6 is 27.3 Å². The maximum atomic E-state index is 10.7.